The summed E-state index contributed by atoms with van der Waals surface area (Å²) in [5, 5.41) is 146. The molecule has 0 aromatic rings. The monoisotopic (exact) mass is 874 g/mol. The highest BCUT2D eigenvalue weighted by Gasteiger charge is 2.54. The number of carboxylic acid groups (broad SMARTS) is 1. The van der Waals surface area contributed by atoms with Crippen molar-refractivity contribution in [1.82, 2.24) is 0 Å². The van der Waals surface area contributed by atoms with Gasteiger partial charge in [0.1, 0.15) is 86.3 Å². The van der Waals surface area contributed by atoms with E-state index in [1.807, 2.05) is 0 Å². The second kappa shape index (κ2) is 20.3. The first-order valence-electron chi connectivity index (χ1n) is 20.1. The van der Waals surface area contributed by atoms with Gasteiger partial charge in [0.05, 0.1) is 55.9 Å². The van der Waals surface area contributed by atoms with Crippen LogP contribution < -0.4 is 0 Å². The molecule has 0 aromatic carbocycles. The van der Waals surface area contributed by atoms with Crippen molar-refractivity contribution in [3.05, 3.63) is 0 Å². The number of carbonyl (C=O) groups is 2. The molecule has 6 fully saturated rings. The Kier molecular flexibility index (Phi) is 16.1. The molecule has 0 amide bonds. The molecule has 14 N–H and O–H groups in total. The van der Waals surface area contributed by atoms with E-state index >= 15 is 0 Å². The van der Waals surface area contributed by atoms with Crippen molar-refractivity contribution in [2.24, 2.45) is 11.8 Å². The maximum Gasteiger partial charge on any atom is 0.317 e. The second-order valence-electron chi connectivity index (χ2n) is 16.5. The summed E-state index contributed by atoms with van der Waals surface area (Å²) in [5.41, 5.74) is 0. The molecule has 2 saturated carbocycles. The van der Waals surface area contributed by atoms with Crippen molar-refractivity contribution < 1.29 is 119 Å². The van der Waals surface area contributed by atoms with Gasteiger partial charge in [-0.15, -0.1) is 0 Å². The number of rotatable bonds is 13. The summed E-state index contributed by atoms with van der Waals surface area (Å²) in [4.78, 5) is 23.0. The summed E-state index contributed by atoms with van der Waals surface area (Å²) < 4.78 is 45.5. The Hall–Kier alpha value is -1.86. The first kappa shape index (κ1) is 47.6. The number of carbonyl (C=O) groups excluding carboxylic acids is 1. The lowest BCUT2D eigenvalue weighted by molar-refractivity contribution is -0.366. The SMILES string of the molecule is O=C(O)CC(=O)OCC1OC(OC2CC(O)C3CC(O)C(C4CCC(OC5OC(CO)C(O)C(O)C5O)C(O)C4)OC3C2)C(O)C(OC2OC(CO)C(O)C(O)C2O)C1O. The molecule has 24 heteroatoms. The third kappa shape index (κ3) is 10.4. The fraction of sp³-hybridized carbons (Fsp3) is 0.944. The lowest BCUT2D eigenvalue weighted by Crippen LogP contribution is -2.65. The van der Waals surface area contributed by atoms with Gasteiger partial charge in [0, 0.05) is 18.8 Å². The molecule has 24 nitrogen and oxygen atoms in total. The minimum absolute atomic E-state index is 0.0489. The smallest absolute Gasteiger partial charge is 0.317 e. The van der Waals surface area contributed by atoms with Gasteiger partial charge >= 0.3 is 11.9 Å². The third-order valence-electron chi connectivity index (χ3n) is 12.4. The number of aliphatic hydroxyl groups is 13. The minimum Gasteiger partial charge on any atom is -0.481 e. The van der Waals surface area contributed by atoms with Crippen molar-refractivity contribution in [3.63, 3.8) is 0 Å². The normalized spacial score (nSPS) is 50.1. The molecule has 346 valence electrons. The number of hydrogen-bond acceptors (Lipinski definition) is 23. The molecular formula is C36H58O24. The Morgan fingerprint density at radius 1 is 0.550 bits per heavy atom. The average Bonchev–Trinajstić information content (AvgIpc) is 3.20. The van der Waals surface area contributed by atoms with Gasteiger partial charge in [0.15, 0.2) is 18.9 Å². The Morgan fingerprint density at radius 3 is 1.72 bits per heavy atom. The first-order valence-corrected chi connectivity index (χ1v) is 20.1. The number of ether oxygens (including phenoxy) is 8. The average molecular weight is 875 g/mol. The summed E-state index contributed by atoms with van der Waals surface area (Å²) in [6.07, 6.45) is -32.2. The molecule has 4 heterocycles. The van der Waals surface area contributed by atoms with Crippen LogP contribution >= 0.6 is 0 Å². The van der Waals surface area contributed by atoms with Gasteiger partial charge in [-0.1, -0.05) is 0 Å². The van der Waals surface area contributed by atoms with Crippen LogP contribution in [-0.2, 0) is 47.5 Å². The number of hydrogen-bond donors (Lipinski definition) is 14. The zero-order valence-electron chi connectivity index (χ0n) is 32.3. The quantitative estimate of drug-likeness (QED) is 0.0604. The largest absolute Gasteiger partial charge is 0.481 e. The molecule has 6 rings (SSSR count). The number of aliphatic hydroxyl groups excluding tert-OH is 13. The van der Waals surface area contributed by atoms with E-state index in [0.717, 1.165) is 0 Å². The summed E-state index contributed by atoms with van der Waals surface area (Å²) in [6.45, 7) is -2.24. The number of fused-ring (bicyclic) bond motifs is 1. The molecule has 2 aliphatic carbocycles. The van der Waals surface area contributed by atoms with Gasteiger partial charge < -0.3 is 109 Å². The van der Waals surface area contributed by atoms with E-state index in [1.54, 1.807) is 0 Å². The summed E-state index contributed by atoms with van der Waals surface area (Å²) in [6, 6.07) is 0. The molecule has 0 bridgehead atoms. The van der Waals surface area contributed by atoms with Crippen molar-refractivity contribution in [3.8, 4) is 0 Å². The van der Waals surface area contributed by atoms with Crippen LogP contribution in [0.15, 0.2) is 0 Å². The van der Waals surface area contributed by atoms with Gasteiger partial charge in [0.25, 0.3) is 0 Å². The van der Waals surface area contributed by atoms with Crippen LogP contribution in [0.2, 0.25) is 0 Å². The van der Waals surface area contributed by atoms with E-state index in [-0.39, 0.29) is 32.1 Å². The van der Waals surface area contributed by atoms with E-state index in [0.29, 0.717) is 6.42 Å². The first-order chi connectivity index (χ1) is 28.4. The second-order valence-corrected chi connectivity index (χ2v) is 16.5. The zero-order valence-corrected chi connectivity index (χ0v) is 32.3. The van der Waals surface area contributed by atoms with Gasteiger partial charge in [-0.2, -0.15) is 0 Å². The van der Waals surface area contributed by atoms with E-state index in [4.69, 9.17) is 43.0 Å². The molecule has 6 aliphatic rings. The highest BCUT2D eigenvalue weighted by atomic mass is 16.7. The predicted molar refractivity (Wildman–Crippen MR) is 187 cm³/mol. The van der Waals surface area contributed by atoms with Gasteiger partial charge in [-0.3, -0.25) is 9.59 Å². The standard InChI is InChI=1S/C36H58O24/c37-8-19-24(45)27(48)29(50)34(57-19)56-17-2-1-11(3-15(17)40)32-16(41)6-13-14(39)4-12(5-18(13)55-32)54-36-31(52)33(26(47)21(59-36)10-53-23(44)7-22(42)43)60-35-30(51)28(49)25(46)20(9-38)58-35/h11-21,24-41,45-52H,1-10H2,(H,42,43). The highest BCUT2D eigenvalue weighted by molar-refractivity contribution is 5.90. The van der Waals surface area contributed by atoms with E-state index in [9.17, 15) is 76.0 Å². The fourth-order valence-electron chi connectivity index (χ4n) is 9.08. The molecule has 0 radical (unpaired) electrons. The van der Waals surface area contributed by atoms with Crippen LogP contribution in [0.3, 0.4) is 0 Å². The highest BCUT2D eigenvalue weighted by Crippen LogP contribution is 2.43. The van der Waals surface area contributed by atoms with Crippen LogP contribution in [-0.4, -0.2) is 238 Å². The van der Waals surface area contributed by atoms with Crippen molar-refractivity contribution in [1.29, 1.82) is 0 Å². The lowest BCUT2D eigenvalue weighted by atomic mass is 9.72. The third-order valence-corrected chi connectivity index (χ3v) is 12.4. The molecule has 24 atom stereocenters. The number of aliphatic carboxylic acids is 1. The van der Waals surface area contributed by atoms with E-state index in [2.05, 4.69) is 0 Å². The van der Waals surface area contributed by atoms with Crippen molar-refractivity contribution in [2.45, 2.75) is 180 Å². The molecule has 0 aromatic heterocycles. The van der Waals surface area contributed by atoms with Gasteiger partial charge in [0.2, 0.25) is 0 Å². The number of esters is 1. The van der Waals surface area contributed by atoms with Crippen molar-refractivity contribution in [2.75, 3.05) is 19.8 Å². The van der Waals surface area contributed by atoms with Crippen molar-refractivity contribution >= 4 is 11.9 Å². The molecular weight excluding hydrogens is 816 g/mol. The van der Waals surface area contributed by atoms with Crippen LogP contribution in [0, 0.1) is 11.8 Å². The van der Waals surface area contributed by atoms with Gasteiger partial charge in [-0.05, 0) is 31.6 Å². The Balaban J connectivity index is 1.10. The molecule has 0 spiro atoms. The molecule has 24 unspecified atom stereocenters. The Morgan fingerprint density at radius 2 is 1.13 bits per heavy atom. The molecule has 60 heavy (non-hydrogen) atoms. The zero-order chi connectivity index (χ0) is 43.7. The fourth-order valence-corrected chi connectivity index (χ4v) is 9.08. The summed E-state index contributed by atoms with van der Waals surface area (Å²) in [5.74, 6) is -3.67. The van der Waals surface area contributed by atoms with E-state index in [1.165, 1.54) is 0 Å². The van der Waals surface area contributed by atoms with Crippen LogP contribution in [0.5, 0.6) is 0 Å². The predicted octanol–water partition coefficient (Wildman–Crippen LogP) is -7.34. The maximum absolute atomic E-state index is 12.0. The summed E-state index contributed by atoms with van der Waals surface area (Å²) in [7, 11) is 0. The maximum atomic E-state index is 12.0. The summed E-state index contributed by atoms with van der Waals surface area (Å²) >= 11 is 0. The van der Waals surface area contributed by atoms with Crippen LogP contribution in [0.25, 0.3) is 0 Å². The lowest BCUT2D eigenvalue weighted by Gasteiger charge is -2.50. The Labute approximate surface area is 342 Å². The topological polar surface area (TPSA) is 391 Å². The molecule has 4 saturated heterocycles. The molecule has 4 aliphatic heterocycles. The number of carboxylic acids is 1. The Bertz CT molecular complexity index is 1410. The van der Waals surface area contributed by atoms with Crippen LogP contribution in [0.4, 0.5) is 0 Å². The van der Waals surface area contributed by atoms with E-state index < -0.39 is 185 Å². The van der Waals surface area contributed by atoms with Gasteiger partial charge in [-0.25, -0.2) is 0 Å². The van der Waals surface area contributed by atoms with Crippen LogP contribution in [0.1, 0.15) is 44.9 Å². The minimum atomic E-state index is -1.94.